The Labute approximate surface area is 184 Å². The molecule has 0 fully saturated rings. The minimum atomic E-state index is -0.694. The van der Waals surface area contributed by atoms with Crippen LogP contribution in [0.4, 0.5) is 5.82 Å². The number of anilines is 1. The van der Waals surface area contributed by atoms with Gasteiger partial charge in [-0.1, -0.05) is 17.7 Å². The molecule has 0 radical (unpaired) electrons. The molecule has 32 heavy (non-hydrogen) atoms. The van der Waals surface area contributed by atoms with Gasteiger partial charge in [0.05, 0.1) is 28.2 Å². The number of halogens is 1. The summed E-state index contributed by atoms with van der Waals surface area (Å²) in [6.45, 7) is 1.71. The predicted molar refractivity (Wildman–Crippen MR) is 118 cm³/mol. The molecule has 12 heteroatoms. The first-order valence-electron chi connectivity index (χ1n) is 9.56. The van der Waals surface area contributed by atoms with Crippen LogP contribution in [0.2, 0.25) is 5.02 Å². The summed E-state index contributed by atoms with van der Waals surface area (Å²) < 4.78 is 2.76. The third kappa shape index (κ3) is 3.06. The summed E-state index contributed by atoms with van der Waals surface area (Å²) in [6, 6.07) is 7.62. The Morgan fingerprint density at radius 3 is 2.88 bits per heavy atom. The molecular weight excluding hydrogens is 434 g/mol. The molecule has 5 aromatic rings. The Kier molecular flexibility index (Phi) is 4.59. The van der Waals surface area contributed by atoms with Crippen LogP contribution in [-0.4, -0.2) is 40.3 Å². The average molecular weight is 450 g/mol. The van der Waals surface area contributed by atoms with Gasteiger partial charge in [0.25, 0.3) is 11.5 Å². The number of nitrogens with two attached hydrogens (primary N) is 1. The van der Waals surface area contributed by atoms with Gasteiger partial charge in [-0.05, 0) is 25.1 Å². The van der Waals surface area contributed by atoms with Crippen molar-refractivity contribution < 1.29 is 4.79 Å². The van der Waals surface area contributed by atoms with Crippen LogP contribution in [0.1, 0.15) is 29.1 Å². The van der Waals surface area contributed by atoms with Crippen molar-refractivity contribution in [1.82, 2.24) is 39.7 Å². The molecule has 160 valence electrons. The van der Waals surface area contributed by atoms with Crippen LogP contribution in [0, 0.1) is 0 Å². The van der Waals surface area contributed by atoms with E-state index >= 15 is 0 Å². The van der Waals surface area contributed by atoms with Gasteiger partial charge in [0.2, 0.25) is 0 Å². The van der Waals surface area contributed by atoms with Crippen molar-refractivity contribution in [2.45, 2.75) is 13.0 Å². The lowest BCUT2D eigenvalue weighted by Crippen LogP contribution is -2.33. The first kappa shape index (κ1) is 19.7. The predicted octanol–water partition coefficient (Wildman–Crippen LogP) is 1.88. The number of nitrogens with one attached hydrogen (secondary N) is 2. The van der Waals surface area contributed by atoms with Gasteiger partial charge >= 0.3 is 0 Å². The minimum Gasteiger partial charge on any atom is -0.381 e. The van der Waals surface area contributed by atoms with Crippen molar-refractivity contribution in [3.8, 4) is 5.82 Å². The van der Waals surface area contributed by atoms with Gasteiger partial charge in [-0.15, -0.1) is 5.10 Å². The summed E-state index contributed by atoms with van der Waals surface area (Å²) in [5, 5.41) is 14.2. The maximum Gasteiger partial charge on any atom is 0.268 e. The van der Waals surface area contributed by atoms with E-state index in [1.54, 1.807) is 49.6 Å². The van der Waals surface area contributed by atoms with Crippen molar-refractivity contribution in [2.75, 3.05) is 5.73 Å². The van der Waals surface area contributed by atoms with Crippen molar-refractivity contribution in [3.63, 3.8) is 0 Å². The highest BCUT2D eigenvalue weighted by molar-refractivity contribution is 6.35. The number of nitrogens with zero attached hydrogens (tertiary/aromatic N) is 6. The molecule has 1 amide bonds. The maximum absolute atomic E-state index is 13.4. The zero-order valence-electron chi connectivity index (χ0n) is 16.7. The van der Waals surface area contributed by atoms with Crippen LogP contribution >= 0.6 is 11.6 Å². The fraction of sp³-hybridized carbons (Fsp3) is 0.100. The molecule has 0 aliphatic heterocycles. The second-order valence-corrected chi connectivity index (χ2v) is 7.44. The third-order valence-corrected chi connectivity index (χ3v) is 5.30. The standard InChI is InChI=1S/C20H16ClN9O2/c1-10(25-19(31)15-16(22)28-29-9-3-7-23-18(15)29)17-26-12-5-2-4-11(21)14(12)20(32)30(17)13-6-8-24-27-13/h2-10H,1H3,(H2,22,28)(H,24,27)(H,25,31). The second kappa shape index (κ2) is 7.46. The van der Waals surface area contributed by atoms with Gasteiger partial charge in [-0.25, -0.2) is 19.1 Å². The van der Waals surface area contributed by atoms with Crippen molar-refractivity contribution in [3.05, 3.63) is 75.7 Å². The van der Waals surface area contributed by atoms with E-state index in [4.69, 9.17) is 17.3 Å². The number of hydrogen-bond donors (Lipinski definition) is 3. The van der Waals surface area contributed by atoms with Crippen LogP contribution < -0.4 is 16.6 Å². The first-order valence-corrected chi connectivity index (χ1v) is 9.94. The molecule has 0 saturated carbocycles. The van der Waals surface area contributed by atoms with Gasteiger partial charge in [0.15, 0.2) is 11.5 Å². The number of rotatable bonds is 4. The van der Waals surface area contributed by atoms with Crippen LogP contribution in [0.25, 0.3) is 22.4 Å². The molecule has 1 aromatic carbocycles. The Bertz CT molecular complexity index is 1540. The molecule has 4 aromatic heterocycles. The number of hydrogen-bond acceptors (Lipinski definition) is 7. The Hall–Kier alpha value is -4.25. The van der Waals surface area contributed by atoms with E-state index in [0.717, 1.165) is 0 Å². The van der Waals surface area contributed by atoms with E-state index in [-0.39, 0.29) is 27.6 Å². The fourth-order valence-corrected chi connectivity index (χ4v) is 3.81. The van der Waals surface area contributed by atoms with Crippen LogP contribution in [0.3, 0.4) is 0 Å². The summed E-state index contributed by atoms with van der Waals surface area (Å²) in [5.41, 5.74) is 6.43. The number of amides is 1. The van der Waals surface area contributed by atoms with Crippen molar-refractivity contribution in [2.24, 2.45) is 0 Å². The first-order chi connectivity index (χ1) is 15.5. The highest BCUT2D eigenvalue weighted by Gasteiger charge is 2.25. The Morgan fingerprint density at radius 2 is 2.09 bits per heavy atom. The van der Waals surface area contributed by atoms with Crippen LogP contribution in [0.5, 0.6) is 0 Å². The molecular formula is C20H16ClN9O2. The number of fused-ring (bicyclic) bond motifs is 2. The maximum atomic E-state index is 13.4. The molecule has 4 heterocycles. The molecule has 0 spiro atoms. The van der Waals surface area contributed by atoms with Gasteiger partial charge in [-0.2, -0.15) is 5.10 Å². The minimum absolute atomic E-state index is 0.0395. The highest BCUT2D eigenvalue weighted by Crippen LogP contribution is 2.23. The van der Waals surface area contributed by atoms with Crippen molar-refractivity contribution >= 4 is 39.9 Å². The molecule has 0 aliphatic rings. The molecule has 0 saturated heterocycles. The normalized spacial score (nSPS) is 12.3. The molecule has 0 bridgehead atoms. The lowest BCUT2D eigenvalue weighted by molar-refractivity contribution is 0.0940. The fourth-order valence-electron chi connectivity index (χ4n) is 3.56. The summed E-state index contributed by atoms with van der Waals surface area (Å²) >= 11 is 6.27. The lowest BCUT2D eigenvalue weighted by atomic mass is 10.2. The molecule has 5 rings (SSSR count). The molecule has 4 N–H and O–H groups in total. The van der Waals surface area contributed by atoms with E-state index in [1.165, 1.54) is 15.3 Å². The monoisotopic (exact) mass is 449 g/mol. The smallest absolute Gasteiger partial charge is 0.268 e. The highest BCUT2D eigenvalue weighted by atomic mass is 35.5. The van der Waals surface area contributed by atoms with Gasteiger partial charge in [0, 0.05) is 18.5 Å². The number of aromatic amines is 1. The summed E-state index contributed by atoms with van der Waals surface area (Å²) in [4.78, 5) is 35.2. The van der Waals surface area contributed by atoms with E-state index in [0.29, 0.717) is 17.0 Å². The summed E-state index contributed by atoms with van der Waals surface area (Å²) in [6.07, 6.45) is 4.70. The number of benzene rings is 1. The van der Waals surface area contributed by atoms with E-state index < -0.39 is 17.5 Å². The molecule has 0 aliphatic carbocycles. The lowest BCUT2D eigenvalue weighted by Gasteiger charge is -2.18. The quantitative estimate of drug-likeness (QED) is 0.379. The second-order valence-electron chi connectivity index (χ2n) is 7.03. The molecule has 1 unspecified atom stereocenters. The van der Waals surface area contributed by atoms with Gasteiger partial charge in [0.1, 0.15) is 17.2 Å². The van der Waals surface area contributed by atoms with Crippen LogP contribution in [-0.2, 0) is 0 Å². The third-order valence-electron chi connectivity index (χ3n) is 4.98. The van der Waals surface area contributed by atoms with Gasteiger partial charge < -0.3 is 11.1 Å². The van der Waals surface area contributed by atoms with E-state index in [2.05, 4.69) is 30.6 Å². The topological polar surface area (TPSA) is 149 Å². The van der Waals surface area contributed by atoms with Crippen LogP contribution in [0.15, 0.2) is 53.7 Å². The van der Waals surface area contributed by atoms with Gasteiger partial charge in [-0.3, -0.25) is 14.7 Å². The SMILES string of the molecule is CC(NC(=O)c1c(N)nn2cccnc12)c1nc2cccc(Cl)c2c(=O)n1-c1ccn[nH]1. The molecule has 1 atom stereocenters. The summed E-state index contributed by atoms with van der Waals surface area (Å²) in [5.74, 6) is 0.209. The number of H-pyrrole nitrogens is 1. The number of carbonyl (C=O) groups is 1. The number of aromatic nitrogens is 7. The van der Waals surface area contributed by atoms with Crippen molar-refractivity contribution in [1.29, 1.82) is 0 Å². The largest absolute Gasteiger partial charge is 0.381 e. The Morgan fingerprint density at radius 1 is 1.25 bits per heavy atom. The summed E-state index contributed by atoms with van der Waals surface area (Å²) in [7, 11) is 0. The van der Waals surface area contributed by atoms with E-state index in [1.807, 2.05) is 0 Å². The average Bonchev–Trinajstić information content (AvgIpc) is 3.40. The number of carbonyl (C=O) groups excluding carboxylic acids is 1. The number of nitrogen functional groups attached to an aromatic ring is 1. The zero-order chi connectivity index (χ0) is 22.4. The zero-order valence-corrected chi connectivity index (χ0v) is 17.4. The molecule has 11 nitrogen and oxygen atoms in total. The van der Waals surface area contributed by atoms with E-state index in [9.17, 15) is 9.59 Å². The Balaban J connectivity index is 1.62.